The highest BCUT2D eigenvalue weighted by Gasteiger charge is 2.36. The number of aliphatic imine (C=N–C) groups is 4. The maximum Gasteiger partial charge on any atom is 0.321 e. The van der Waals surface area contributed by atoms with Gasteiger partial charge < -0.3 is 9.47 Å². The van der Waals surface area contributed by atoms with E-state index in [2.05, 4.69) is 51.8 Å². The molecule has 98 valence electrons. The molecule has 0 amide bonds. The molecular weight excluding hydrogens is 382 g/mol. The van der Waals surface area contributed by atoms with Gasteiger partial charge in [-0.3, -0.25) is 0 Å². The number of hydrogen-bond acceptors (Lipinski definition) is 7. The van der Waals surface area contributed by atoms with Gasteiger partial charge in [-0.2, -0.15) is 20.0 Å². The molecule has 0 aromatic rings. The number of allylic oxidation sites excluding steroid dienone is 2. The zero-order valence-electron chi connectivity index (χ0n) is 9.89. The van der Waals surface area contributed by atoms with Crippen LogP contribution < -0.4 is 0 Å². The molecule has 0 aromatic carbocycles. The lowest BCUT2D eigenvalue weighted by Crippen LogP contribution is -2.43. The summed E-state index contributed by atoms with van der Waals surface area (Å²) in [4.78, 5) is 18.7. The predicted octanol–water partition coefficient (Wildman–Crippen LogP) is 1.93. The molecule has 0 bridgehead atoms. The second kappa shape index (κ2) is 4.57. The lowest BCUT2D eigenvalue weighted by atomic mass is 10.3. The first-order valence-corrected chi connectivity index (χ1v) is 6.73. The van der Waals surface area contributed by atoms with Gasteiger partial charge in [0.2, 0.25) is 5.96 Å². The van der Waals surface area contributed by atoms with Crippen LogP contribution in [0.3, 0.4) is 0 Å². The van der Waals surface area contributed by atoms with Crippen LogP contribution in [-0.4, -0.2) is 43.0 Å². The SMILES string of the molecule is COC1=NC2=NC(OC)=NC3=C(Br)C=C(Br)C(=N1)N23. The Kier molecular flexibility index (Phi) is 3.02. The van der Waals surface area contributed by atoms with Gasteiger partial charge in [0.1, 0.15) is 0 Å². The summed E-state index contributed by atoms with van der Waals surface area (Å²) in [6.45, 7) is 0. The minimum atomic E-state index is 0.227. The van der Waals surface area contributed by atoms with E-state index in [4.69, 9.17) is 9.47 Å². The monoisotopic (exact) mass is 387 g/mol. The van der Waals surface area contributed by atoms with E-state index in [1.807, 2.05) is 6.08 Å². The molecule has 19 heavy (non-hydrogen) atoms. The number of guanidine groups is 1. The molecule has 0 N–H and O–H groups in total. The minimum Gasteiger partial charge on any atom is -0.467 e. The van der Waals surface area contributed by atoms with Crippen LogP contribution in [0.5, 0.6) is 0 Å². The zero-order chi connectivity index (χ0) is 13.6. The first kappa shape index (κ1) is 12.5. The molecule has 3 heterocycles. The molecule has 0 saturated carbocycles. The highest BCUT2D eigenvalue weighted by molar-refractivity contribution is 9.12. The Morgan fingerprint density at radius 1 is 1.00 bits per heavy atom. The van der Waals surface area contributed by atoms with Crippen molar-refractivity contribution in [1.82, 2.24) is 4.90 Å². The smallest absolute Gasteiger partial charge is 0.321 e. The quantitative estimate of drug-likeness (QED) is 0.636. The average molecular weight is 389 g/mol. The summed E-state index contributed by atoms with van der Waals surface area (Å²) in [5.74, 6) is 1.62. The van der Waals surface area contributed by atoms with Gasteiger partial charge in [0.25, 0.3) is 0 Å². The van der Waals surface area contributed by atoms with Crippen molar-refractivity contribution in [2.45, 2.75) is 0 Å². The largest absolute Gasteiger partial charge is 0.467 e. The Balaban J connectivity index is 2.23. The van der Waals surface area contributed by atoms with Gasteiger partial charge in [-0.05, 0) is 37.9 Å². The van der Waals surface area contributed by atoms with Gasteiger partial charge in [0.05, 0.1) is 23.2 Å². The van der Waals surface area contributed by atoms with Crippen molar-refractivity contribution in [3.63, 3.8) is 0 Å². The van der Waals surface area contributed by atoms with Crippen LogP contribution >= 0.6 is 31.9 Å². The molecular formula is C10H7Br2N5O2. The fourth-order valence-electron chi connectivity index (χ4n) is 1.66. The van der Waals surface area contributed by atoms with Crippen molar-refractivity contribution in [2.24, 2.45) is 20.0 Å². The van der Waals surface area contributed by atoms with Crippen LogP contribution in [0.15, 0.2) is 40.8 Å². The van der Waals surface area contributed by atoms with Crippen molar-refractivity contribution >= 4 is 55.7 Å². The van der Waals surface area contributed by atoms with Crippen molar-refractivity contribution in [3.05, 3.63) is 20.9 Å². The van der Waals surface area contributed by atoms with Crippen molar-refractivity contribution in [3.8, 4) is 0 Å². The normalized spacial score (nSPS) is 20.8. The molecule has 3 aliphatic heterocycles. The number of hydrogen-bond donors (Lipinski definition) is 0. The summed E-state index contributed by atoms with van der Waals surface area (Å²) < 4.78 is 11.7. The summed E-state index contributed by atoms with van der Waals surface area (Å²) in [6, 6.07) is 0.454. The number of amidine groups is 3. The first-order valence-electron chi connectivity index (χ1n) is 5.14. The van der Waals surface area contributed by atoms with Crippen LogP contribution in [-0.2, 0) is 9.47 Å². The third kappa shape index (κ3) is 1.93. The second-order valence-electron chi connectivity index (χ2n) is 3.54. The van der Waals surface area contributed by atoms with Crippen molar-refractivity contribution < 1.29 is 9.47 Å². The maximum absolute atomic E-state index is 5.07. The summed E-state index contributed by atoms with van der Waals surface area (Å²) in [7, 11) is 3.00. The Morgan fingerprint density at radius 3 is 2.37 bits per heavy atom. The molecule has 7 nitrogen and oxygen atoms in total. The Bertz CT molecular complexity index is 644. The molecule has 0 saturated heterocycles. The first-order chi connectivity index (χ1) is 9.13. The third-order valence-electron chi connectivity index (χ3n) is 2.46. The van der Waals surface area contributed by atoms with E-state index >= 15 is 0 Å². The molecule has 0 fully saturated rings. The molecule has 0 spiro atoms. The lowest BCUT2D eigenvalue weighted by molar-refractivity contribution is 0.387. The number of methoxy groups -OCH3 is 2. The summed E-state index contributed by atoms with van der Waals surface area (Å²) in [5.41, 5.74) is 0. The van der Waals surface area contributed by atoms with Crippen LogP contribution in [0.1, 0.15) is 0 Å². The maximum atomic E-state index is 5.07. The summed E-state index contributed by atoms with van der Waals surface area (Å²) >= 11 is 6.89. The average Bonchev–Trinajstić information content (AvgIpc) is 2.43. The number of halogens is 2. The Hall–Kier alpha value is -1.48. The van der Waals surface area contributed by atoms with Gasteiger partial charge in [-0.25, -0.2) is 4.90 Å². The third-order valence-corrected chi connectivity index (χ3v) is 3.63. The van der Waals surface area contributed by atoms with E-state index in [9.17, 15) is 0 Å². The highest BCUT2D eigenvalue weighted by Crippen LogP contribution is 2.34. The van der Waals surface area contributed by atoms with Crippen LogP contribution in [0.4, 0.5) is 0 Å². The number of ether oxygens (including phenoxy) is 2. The van der Waals surface area contributed by atoms with E-state index in [0.717, 1.165) is 8.96 Å². The van der Waals surface area contributed by atoms with E-state index < -0.39 is 0 Å². The topological polar surface area (TPSA) is 71.1 Å². The molecule has 0 unspecified atom stereocenters. The number of nitrogens with zero attached hydrogens (tertiary/aromatic N) is 5. The molecule has 0 aromatic heterocycles. The van der Waals surface area contributed by atoms with Crippen LogP contribution in [0.25, 0.3) is 0 Å². The van der Waals surface area contributed by atoms with Gasteiger partial charge in [0, 0.05) is 0 Å². The highest BCUT2D eigenvalue weighted by atomic mass is 79.9. The summed E-state index contributed by atoms with van der Waals surface area (Å²) in [6.07, 6.45) is 1.85. The predicted molar refractivity (Wildman–Crippen MR) is 78.6 cm³/mol. The van der Waals surface area contributed by atoms with Gasteiger partial charge in [-0.15, -0.1) is 0 Å². The van der Waals surface area contributed by atoms with Gasteiger partial charge >= 0.3 is 12.0 Å². The van der Waals surface area contributed by atoms with Crippen LogP contribution in [0.2, 0.25) is 0 Å². The van der Waals surface area contributed by atoms with Gasteiger partial charge in [-0.1, -0.05) is 0 Å². The molecule has 3 rings (SSSR count). The Labute approximate surface area is 125 Å². The fraction of sp³-hybridized carbons (Fsp3) is 0.200. The number of rotatable bonds is 0. The minimum absolute atomic E-state index is 0.227. The van der Waals surface area contributed by atoms with E-state index in [-0.39, 0.29) is 12.0 Å². The van der Waals surface area contributed by atoms with Crippen molar-refractivity contribution in [2.75, 3.05) is 14.2 Å². The van der Waals surface area contributed by atoms with E-state index in [1.54, 1.807) is 4.90 Å². The van der Waals surface area contributed by atoms with E-state index in [0.29, 0.717) is 17.6 Å². The molecule has 3 aliphatic rings. The zero-order valence-corrected chi connectivity index (χ0v) is 13.1. The lowest BCUT2D eigenvalue weighted by Gasteiger charge is -2.32. The standard InChI is InChI=1S/C10H7Br2N5O2/c1-18-9-13-6-4(11)3-5(12)7-14-10(19-2)16-8(15-9)17(6)7/h3H,1-2H3. The second-order valence-corrected chi connectivity index (χ2v) is 5.25. The molecule has 0 atom stereocenters. The Morgan fingerprint density at radius 2 is 1.68 bits per heavy atom. The molecule has 0 radical (unpaired) electrons. The van der Waals surface area contributed by atoms with Gasteiger partial charge in [0.15, 0.2) is 11.7 Å². The molecule has 9 heteroatoms. The molecule has 0 aliphatic carbocycles. The summed E-state index contributed by atoms with van der Waals surface area (Å²) in [5, 5.41) is 0. The van der Waals surface area contributed by atoms with Crippen molar-refractivity contribution in [1.29, 1.82) is 0 Å². The van der Waals surface area contributed by atoms with Crippen LogP contribution in [0, 0.1) is 0 Å². The van der Waals surface area contributed by atoms with E-state index in [1.165, 1.54) is 14.2 Å². The fourth-order valence-corrected chi connectivity index (χ4v) is 2.96.